The summed E-state index contributed by atoms with van der Waals surface area (Å²) in [4.78, 5) is 14.3. The minimum absolute atomic E-state index is 0.00426. The molecule has 1 aromatic carbocycles. The van der Waals surface area contributed by atoms with Crippen LogP contribution >= 0.6 is 0 Å². The Morgan fingerprint density at radius 3 is 2.36 bits per heavy atom. The van der Waals surface area contributed by atoms with Gasteiger partial charge in [0.2, 0.25) is 0 Å². The summed E-state index contributed by atoms with van der Waals surface area (Å²) in [7, 11) is 0. The molecule has 0 bridgehead atoms. The fraction of sp³-hybridized carbons (Fsp3) is 0.421. The second-order valence-corrected chi connectivity index (χ2v) is 6.30. The first-order valence-corrected chi connectivity index (χ1v) is 7.92. The van der Waals surface area contributed by atoms with Crippen LogP contribution in [0, 0.1) is 11.8 Å². The number of rotatable bonds is 4. The van der Waals surface area contributed by atoms with E-state index in [1.165, 1.54) is 0 Å². The number of carbonyl (C=O) groups is 1. The SMILES string of the molecule is C=C[C@H]1CC[C@H](C=C)C12CN(C(C)c1ccccc1)C(=O)O2. The van der Waals surface area contributed by atoms with Gasteiger partial charge in [0.1, 0.15) is 5.60 Å². The van der Waals surface area contributed by atoms with Crippen LogP contribution in [0.4, 0.5) is 4.79 Å². The number of carbonyl (C=O) groups excluding carboxylic acids is 1. The van der Waals surface area contributed by atoms with Gasteiger partial charge in [0.05, 0.1) is 12.6 Å². The van der Waals surface area contributed by atoms with Gasteiger partial charge in [0.25, 0.3) is 0 Å². The highest BCUT2D eigenvalue weighted by Gasteiger charge is 2.57. The van der Waals surface area contributed by atoms with E-state index in [9.17, 15) is 4.79 Å². The van der Waals surface area contributed by atoms with Crippen molar-refractivity contribution in [3.8, 4) is 0 Å². The van der Waals surface area contributed by atoms with Crippen molar-refractivity contribution in [2.75, 3.05) is 6.54 Å². The number of benzene rings is 1. The average molecular weight is 297 g/mol. The van der Waals surface area contributed by atoms with E-state index >= 15 is 0 Å². The molecule has 1 heterocycles. The van der Waals surface area contributed by atoms with Gasteiger partial charge in [-0.2, -0.15) is 0 Å². The molecule has 1 saturated heterocycles. The third kappa shape index (κ3) is 2.16. The summed E-state index contributed by atoms with van der Waals surface area (Å²) in [5.41, 5.74) is 0.642. The standard InChI is InChI=1S/C19H23NO2/c1-4-16-11-12-17(5-2)19(16)13-20(18(21)22-19)14(3)15-9-7-6-8-10-15/h4-10,14,16-17H,1-2,11-13H2,3H3/t14?,16-,17-/m0/s1. The summed E-state index contributed by atoms with van der Waals surface area (Å²) >= 11 is 0. The zero-order valence-electron chi connectivity index (χ0n) is 13.1. The summed E-state index contributed by atoms with van der Waals surface area (Å²) in [5, 5.41) is 0. The smallest absolute Gasteiger partial charge is 0.411 e. The summed E-state index contributed by atoms with van der Waals surface area (Å²) in [5.74, 6) is 0.403. The molecule has 1 spiro atoms. The fourth-order valence-corrected chi connectivity index (χ4v) is 3.93. The predicted octanol–water partition coefficient (Wildman–Crippen LogP) is 4.34. The Morgan fingerprint density at radius 1 is 1.23 bits per heavy atom. The monoisotopic (exact) mass is 297 g/mol. The average Bonchev–Trinajstić information content (AvgIpc) is 3.07. The van der Waals surface area contributed by atoms with Crippen molar-refractivity contribution in [2.24, 2.45) is 11.8 Å². The molecule has 1 saturated carbocycles. The van der Waals surface area contributed by atoms with E-state index in [1.54, 1.807) is 0 Å². The van der Waals surface area contributed by atoms with Crippen molar-refractivity contribution >= 4 is 6.09 Å². The van der Waals surface area contributed by atoms with Crippen LogP contribution in [0.15, 0.2) is 55.6 Å². The molecule has 3 nitrogen and oxygen atoms in total. The first-order valence-electron chi connectivity index (χ1n) is 7.92. The lowest BCUT2D eigenvalue weighted by molar-refractivity contribution is 0.0172. The molecule has 3 rings (SSSR count). The normalized spacial score (nSPS) is 27.7. The zero-order chi connectivity index (χ0) is 15.7. The van der Waals surface area contributed by atoms with E-state index in [4.69, 9.17) is 4.74 Å². The molecule has 2 fully saturated rings. The zero-order valence-corrected chi connectivity index (χ0v) is 13.1. The minimum Gasteiger partial charge on any atom is -0.440 e. The molecule has 116 valence electrons. The number of nitrogens with zero attached hydrogens (tertiary/aromatic N) is 1. The van der Waals surface area contributed by atoms with Crippen LogP contribution in [0.25, 0.3) is 0 Å². The van der Waals surface area contributed by atoms with Crippen molar-refractivity contribution in [1.29, 1.82) is 0 Å². The number of hydrogen-bond donors (Lipinski definition) is 0. The first-order chi connectivity index (χ1) is 10.6. The van der Waals surface area contributed by atoms with E-state index in [0.29, 0.717) is 6.54 Å². The van der Waals surface area contributed by atoms with E-state index in [-0.39, 0.29) is 24.0 Å². The summed E-state index contributed by atoms with van der Waals surface area (Å²) in [6.45, 7) is 10.5. The molecule has 0 aromatic heterocycles. The van der Waals surface area contributed by atoms with Crippen LogP contribution in [0.3, 0.4) is 0 Å². The molecule has 1 aromatic rings. The summed E-state index contributed by atoms with van der Waals surface area (Å²) in [6, 6.07) is 10.1. The van der Waals surface area contributed by atoms with Crippen LogP contribution in [0.5, 0.6) is 0 Å². The van der Waals surface area contributed by atoms with Crippen LogP contribution in [0.1, 0.15) is 31.4 Å². The van der Waals surface area contributed by atoms with Gasteiger partial charge in [-0.3, -0.25) is 4.90 Å². The second-order valence-electron chi connectivity index (χ2n) is 6.30. The summed E-state index contributed by atoms with van der Waals surface area (Å²) < 4.78 is 5.92. The lowest BCUT2D eigenvalue weighted by Crippen LogP contribution is -2.43. The molecule has 22 heavy (non-hydrogen) atoms. The van der Waals surface area contributed by atoms with Crippen molar-refractivity contribution in [3.05, 3.63) is 61.2 Å². The molecular formula is C19H23NO2. The van der Waals surface area contributed by atoms with Gasteiger partial charge in [-0.25, -0.2) is 4.79 Å². The third-order valence-electron chi connectivity index (χ3n) is 5.29. The van der Waals surface area contributed by atoms with Crippen molar-refractivity contribution in [2.45, 2.75) is 31.4 Å². The van der Waals surface area contributed by atoms with Gasteiger partial charge in [0, 0.05) is 11.8 Å². The third-order valence-corrected chi connectivity index (χ3v) is 5.29. The van der Waals surface area contributed by atoms with Crippen LogP contribution in [0.2, 0.25) is 0 Å². The van der Waals surface area contributed by atoms with Crippen LogP contribution < -0.4 is 0 Å². The van der Waals surface area contributed by atoms with Crippen LogP contribution in [-0.4, -0.2) is 23.1 Å². The van der Waals surface area contributed by atoms with Crippen molar-refractivity contribution < 1.29 is 9.53 Å². The Bertz CT molecular complexity index is 564. The molecule has 1 amide bonds. The van der Waals surface area contributed by atoms with Crippen molar-refractivity contribution in [3.63, 3.8) is 0 Å². The van der Waals surface area contributed by atoms with E-state index < -0.39 is 5.60 Å². The molecule has 3 atom stereocenters. The largest absolute Gasteiger partial charge is 0.440 e. The highest BCUT2D eigenvalue weighted by Crippen LogP contribution is 2.49. The maximum atomic E-state index is 12.5. The van der Waals surface area contributed by atoms with Gasteiger partial charge in [-0.1, -0.05) is 42.5 Å². The first kappa shape index (κ1) is 14.9. The van der Waals surface area contributed by atoms with Gasteiger partial charge in [-0.05, 0) is 25.3 Å². The topological polar surface area (TPSA) is 29.5 Å². The Labute approximate surface area is 132 Å². The minimum atomic E-state index is -0.483. The van der Waals surface area contributed by atoms with Crippen molar-refractivity contribution in [1.82, 2.24) is 4.90 Å². The molecule has 2 aliphatic rings. The van der Waals surface area contributed by atoms with E-state index in [2.05, 4.69) is 20.1 Å². The fourth-order valence-electron chi connectivity index (χ4n) is 3.93. The van der Waals surface area contributed by atoms with Gasteiger partial charge < -0.3 is 4.74 Å². The molecular weight excluding hydrogens is 274 g/mol. The maximum absolute atomic E-state index is 12.5. The second kappa shape index (κ2) is 5.64. The maximum Gasteiger partial charge on any atom is 0.411 e. The van der Waals surface area contributed by atoms with Gasteiger partial charge in [-0.15, -0.1) is 13.2 Å². The number of ether oxygens (including phenoxy) is 1. The Kier molecular flexibility index (Phi) is 3.81. The molecule has 1 aliphatic carbocycles. The highest BCUT2D eigenvalue weighted by atomic mass is 16.6. The summed E-state index contributed by atoms with van der Waals surface area (Å²) in [6.07, 6.45) is 5.65. The molecule has 0 N–H and O–H groups in total. The predicted molar refractivity (Wildman–Crippen MR) is 87.4 cm³/mol. The van der Waals surface area contributed by atoms with Crippen LogP contribution in [-0.2, 0) is 4.74 Å². The van der Waals surface area contributed by atoms with Gasteiger partial charge in [0.15, 0.2) is 0 Å². The lowest BCUT2D eigenvalue weighted by atomic mass is 9.83. The Balaban J connectivity index is 1.89. The lowest BCUT2D eigenvalue weighted by Gasteiger charge is -2.32. The highest BCUT2D eigenvalue weighted by molar-refractivity contribution is 5.72. The van der Waals surface area contributed by atoms with E-state index in [1.807, 2.05) is 47.4 Å². The number of hydrogen-bond acceptors (Lipinski definition) is 2. The van der Waals surface area contributed by atoms with Gasteiger partial charge >= 0.3 is 6.09 Å². The van der Waals surface area contributed by atoms with E-state index in [0.717, 1.165) is 18.4 Å². The molecule has 0 radical (unpaired) electrons. The molecule has 1 aliphatic heterocycles. The Hall–Kier alpha value is -2.03. The Morgan fingerprint density at radius 2 is 1.82 bits per heavy atom. The molecule has 1 unspecified atom stereocenters. The quantitative estimate of drug-likeness (QED) is 0.774. The number of amides is 1. The molecule has 3 heteroatoms.